The molecule has 14 heavy (non-hydrogen) atoms. The Kier molecular flexibility index (Phi) is 2.96. The van der Waals surface area contributed by atoms with Gasteiger partial charge in [0.25, 0.3) is 0 Å². The highest BCUT2D eigenvalue weighted by Crippen LogP contribution is 2.28. The molecule has 2 aliphatic rings. The molecule has 1 saturated heterocycles. The second-order valence-electron chi connectivity index (χ2n) is 3.82. The van der Waals surface area contributed by atoms with Crippen molar-refractivity contribution in [2.45, 2.75) is 31.4 Å². The lowest BCUT2D eigenvalue weighted by Gasteiger charge is -2.25. The molecule has 0 saturated carbocycles. The average Bonchev–Trinajstić information content (AvgIpc) is 2.61. The Labute approximate surface area is 88.5 Å². The fraction of sp³-hybridized carbons (Fsp3) is 0.700. The van der Waals surface area contributed by atoms with Crippen LogP contribution in [0, 0.1) is 5.92 Å². The Bertz CT molecular complexity index is 255. The first-order valence-corrected chi connectivity index (χ1v) is 5.53. The largest absolute Gasteiger partial charge is 0.444 e. The first kappa shape index (κ1) is 9.84. The molecule has 0 aromatic rings. The number of nitrogens with one attached hydrogen (secondary N) is 1. The number of allylic oxidation sites excluding steroid dienone is 2. The summed E-state index contributed by atoms with van der Waals surface area (Å²) in [4.78, 5) is 11.1. The van der Waals surface area contributed by atoms with Gasteiger partial charge in [0.15, 0.2) is 0 Å². The van der Waals surface area contributed by atoms with Crippen LogP contribution in [0.3, 0.4) is 0 Å². The number of alkyl halides is 1. The number of cyclic esters (lactones) is 1. The van der Waals surface area contributed by atoms with Gasteiger partial charge >= 0.3 is 6.09 Å². The molecular formula is C10H14ClNO2. The molecule has 0 radical (unpaired) electrons. The van der Waals surface area contributed by atoms with Crippen LogP contribution >= 0.6 is 11.6 Å². The van der Waals surface area contributed by atoms with Crippen molar-refractivity contribution in [1.82, 2.24) is 5.32 Å². The minimum atomic E-state index is -0.324. The minimum absolute atomic E-state index is 0.0133. The summed E-state index contributed by atoms with van der Waals surface area (Å²) in [5.74, 6) is 0.860. The second kappa shape index (κ2) is 4.22. The topological polar surface area (TPSA) is 38.3 Å². The summed E-state index contributed by atoms with van der Waals surface area (Å²) in [6.07, 6.45) is 7.13. The number of hydrogen-bond donors (Lipinski definition) is 1. The first-order valence-electron chi connectivity index (χ1n) is 4.99. The van der Waals surface area contributed by atoms with Gasteiger partial charge in [0.05, 0.1) is 6.04 Å². The zero-order chi connectivity index (χ0) is 9.97. The zero-order valence-corrected chi connectivity index (χ0v) is 8.67. The monoisotopic (exact) mass is 215 g/mol. The van der Waals surface area contributed by atoms with Crippen LogP contribution in [0.1, 0.15) is 19.3 Å². The highest BCUT2D eigenvalue weighted by Gasteiger charge is 2.38. The van der Waals surface area contributed by atoms with E-state index in [1.165, 1.54) is 0 Å². The van der Waals surface area contributed by atoms with Crippen molar-refractivity contribution < 1.29 is 9.53 Å². The maximum atomic E-state index is 11.1. The van der Waals surface area contributed by atoms with Crippen LogP contribution in [0.25, 0.3) is 0 Å². The van der Waals surface area contributed by atoms with Gasteiger partial charge in [0.1, 0.15) is 6.10 Å². The third-order valence-corrected chi connectivity index (χ3v) is 3.22. The third-order valence-electron chi connectivity index (χ3n) is 2.88. The highest BCUT2D eigenvalue weighted by atomic mass is 35.5. The molecule has 1 aliphatic heterocycles. The van der Waals surface area contributed by atoms with Gasteiger partial charge in [-0.05, 0) is 19.3 Å². The smallest absolute Gasteiger partial charge is 0.407 e. The molecule has 0 aromatic carbocycles. The van der Waals surface area contributed by atoms with Gasteiger partial charge in [0, 0.05) is 11.8 Å². The van der Waals surface area contributed by atoms with E-state index in [0.717, 1.165) is 19.3 Å². The predicted molar refractivity (Wildman–Crippen MR) is 54.4 cm³/mol. The Hall–Kier alpha value is -0.700. The number of carbonyl (C=O) groups is 1. The zero-order valence-electron chi connectivity index (χ0n) is 7.91. The van der Waals surface area contributed by atoms with Crippen molar-refractivity contribution in [3.05, 3.63) is 12.2 Å². The summed E-state index contributed by atoms with van der Waals surface area (Å²) in [6.45, 7) is 0. The quantitative estimate of drug-likeness (QED) is 0.566. The van der Waals surface area contributed by atoms with E-state index in [4.69, 9.17) is 16.3 Å². The molecule has 3 nitrogen and oxygen atoms in total. The maximum Gasteiger partial charge on any atom is 0.407 e. The Morgan fingerprint density at radius 2 is 2.43 bits per heavy atom. The summed E-state index contributed by atoms with van der Waals surface area (Å²) in [5.41, 5.74) is 0. The van der Waals surface area contributed by atoms with E-state index in [0.29, 0.717) is 11.8 Å². The molecule has 1 aliphatic carbocycles. The van der Waals surface area contributed by atoms with E-state index in [1.54, 1.807) is 0 Å². The average molecular weight is 216 g/mol. The number of alkyl carbamates (subject to hydrolysis) is 1. The van der Waals surface area contributed by atoms with E-state index in [1.807, 2.05) is 0 Å². The van der Waals surface area contributed by atoms with Gasteiger partial charge in [-0.2, -0.15) is 0 Å². The standard InChI is InChI=1S/C10H14ClNO2/c11-6-8-9(14-10(13)12-8)7-4-2-1-3-5-7/h1-2,7-9H,3-6H2,(H,12,13)/t7-,8+,9-/m0/s1. The molecule has 4 heteroatoms. The van der Waals surface area contributed by atoms with Crippen LogP contribution in [0.5, 0.6) is 0 Å². The second-order valence-corrected chi connectivity index (χ2v) is 4.13. The number of ether oxygens (including phenoxy) is 1. The van der Waals surface area contributed by atoms with Crippen LogP contribution in [-0.2, 0) is 4.74 Å². The van der Waals surface area contributed by atoms with Crippen molar-refractivity contribution in [3.8, 4) is 0 Å². The number of amides is 1. The van der Waals surface area contributed by atoms with Gasteiger partial charge < -0.3 is 10.1 Å². The van der Waals surface area contributed by atoms with Crippen LogP contribution < -0.4 is 5.32 Å². The van der Waals surface area contributed by atoms with E-state index in [9.17, 15) is 4.79 Å². The molecule has 1 N–H and O–H groups in total. The lowest BCUT2D eigenvalue weighted by Crippen LogP contribution is -2.38. The molecule has 3 atom stereocenters. The number of rotatable bonds is 2. The molecule has 0 aromatic heterocycles. The molecular weight excluding hydrogens is 202 g/mol. The summed E-state index contributed by atoms with van der Waals surface area (Å²) in [6, 6.07) is -0.0133. The lowest BCUT2D eigenvalue weighted by atomic mass is 9.87. The molecule has 78 valence electrons. The first-order chi connectivity index (χ1) is 6.81. The van der Waals surface area contributed by atoms with Crippen LogP contribution in [0.2, 0.25) is 0 Å². The highest BCUT2D eigenvalue weighted by molar-refractivity contribution is 6.18. The van der Waals surface area contributed by atoms with Gasteiger partial charge in [0.2, 0.25) is 0 Å². The van der Waals surface area contributed by atoms with E-state index < -0.39 is 0 Å². The fourth-order valence-corrected chi connectivity index (χ4v) is 2.39. The third kappa shape index (κ3) is 1.87. The van der Waals surface area contributed by atoms with Crippen molar-refractivity contribution in [1.29, 1.82) is 0 Å². The number of halogens is 1. The molecule has 1 heterocycles. The van der Waals surface area contributed by atoms with Crippen molar-refractivity contribution >= 4 is 17.7 Å². The van der Waals surface area contributed by atoms with Crippen LogP contribution in [-0.4, -0.2) is 24.1 Å². The maximum absolute atomic E-state index is 11.1. The van der Waals surface area contributed by atoms with Crippen molar-refractivity contribution in [2.75, 3.05) is 5.88 Å². The molecule has 2 rings (SSSR count). The van der Waals surface area contributed by atoms with Gasteiger partial charge in [-0.1, -0.05) is 12.2 Å². The van der Waals surface area contributed by atoms with Gasteiger partial charge in [-0.25, -0.2) is 4.79 Å². The molecule has 0 spiro atoms. The molecule has 1 amide bonds. The van der Waals surface area contributed by atoms with E-state index >= 15 is 0 Å². The number of hydrogen-bond acceptors (Lipinski definition) is 2. The van der Waals surface area contributed by atoms with Crippen molar-refractivity contribution in [3.63, 3.8) is 0 Å². The molecule has 0 bridgehead atoms. The van der Waals surface area contributed by atoms with Crippen LogP contribution in [0.15, 0.2) is 12.2 Å². The fourth-order valence-electron chi connectivity index (χ4n) is 2.14. The van der Waals surface area contributed by atoms with E-state index in [-0.39, 0.29) is 18.2 Å². The van der Waals surface area contributed by atoms with Gasteiger partial charge in [-0.15, -0.1) is 11.6 Å². The summed E-state index contributed by atoms with van der Waals surface area (Å²) < 4.78 is 5.24. The van der Waals surface area contributed by atoms with Gasteiger partial charge in [-0.3, -0.25) is 0 Å². The van der Waals surface area contributed by atoms with Crippen molar-refractivity contribution in [2.24, 2.45) is 5.92 Å². The lowest BCUT2D eigenvalue weighted by molar-refractivity contribution is 0.0894. The Morgan fingerprint density at radius 1 is 1.57 bits per heavy atom. The number of carbonyl (C=O) groups excluding carboxylic acids is 1. The summed E-state index contributed by atoms with van der Waals surface area (Å²) >= 11 is 5.77. The molecule has 1 fully saturated rings. The summed E-state index contributed by atoms with van der Waals surface area (Å²) in [5, 5.41) is 2.73. The van der Waals surface area contributed by atoms with Crippen LogP contribution in [0.4, 0.5) is 4.79 Å². The predicted octanol–water partition coefficient (Wildman–Crippen LogP) is 2.06. The Balaban J connectivity index is 2.01. The van der Waals surface area contributed by atoms with E-state index in [2.05, 4.69) is 17.5 Å². The normalized spacial score (nSPS) is 36.6. The summed E-state index contributed by atoms with van der Waals surface area (Å²) in [7, 11) is 0. The minimum Gasteiger partial charge on any atom is -0.444 e. The Morgan fingerprint density at radius 3 is 3.07 bits per heavy atom. The molecule has 0 unspecified atom stereocenters. The SMILES string of the molecule is O=C1N[C@H](CCl)[C@H]([C@H]2CC=CCC2)O1.